The summed E-state index contributed by atoms with van der Waals surface area (Å²) >= 11 is 5.91. The lowest BCUT2D eigenvalue weighted by Crippen LogP contribution is -2.27. The number of methoxy groups -OCH3 is 1. The number of amides is 1. The second-order valence-electron chi connectivity index (χ2n) is 6.31. The normalized spacial score (nSPS) is 13.7. The van der Waals surface area contributed by atoms with Crippen molar-refractivity contribution in [1.29, 1.82) is 0 Å². The average Bonchev–Trinajstić information content (AvgIpc) is 2.95. The minimum atomic E-state index is -0.487. The van der Waals surface area contributed by atoms with E-state index in [0.717, 1.165) is 16.5 Å². The van der Waals surface area contributed by atoms with Crippen LogP contribution in [0.4, 0.5) is 0 Å². The zero-order chi connectivity index (χ0) is 19.0. The monoisotopic (exact) mass is 380 g/mol. The fraction of sp³-hybridized carbons (Fsp3) is 0.143. The van der Waals surface area contributed by atoms with Crippen molar-refractivity contribution in [2.75, 3.05) is 13.7 Å². The Bertz CT molecular complexity index is 1070. The van der Waals surface area contributed by atoms with Gasteiger partial charge in [0.05, 0.1) is 18.4 Å². The number of aromatic nitrogens is 1. The standard InChI is InChI=1S/C21H17ClN2O3/c1-27-21(26)17-12-24(20(25)13-6-8-14(22)9-7-13)11-10-16-15-4-2-3-5-18(15)23-19(16)17/h2-9,12,23H,10-11H2,1H3. The van der Waals surface area contributed by atoms with Crippen LogP contribution in [0.5, 0.6) is 0 Å². The van der Waals surface area contributed by atoms with Gasteiger partial charge < -0.3 is 14.6 Å². The minimum Gasteiger partial charge on any atom is -0.465 e. The Balaban J connectivity index is 1.79. The number of fused-ring (bicyclic) bond motifs is 3. The number of nitrogens with one attached hydrogen (secondary N) is 1. The number of carbonyl (C=O) groups is 2. The Morgan fingerprint density at radius 2 is 1.85 bits per heavy atom. The Morgan fingerprint density at radius 3 is 2.59 bits per heavy atom. The summed E-state index contributed by atoms with van der Waals surface area (Å²) in [5.74, 6) is -0.679. The van der Waals surface area contributed by atoms with Crippen LogP contribution in [0.15, 0.2) is 54.7 Å². The van der Waals surface area contributed by atoms with Crippen LogP contribution in [0.25, 0.3) is 16.5 Å². The van der Waals surface area contributed by atoms with Crippen molar-refractivity contribution >= 4 is 40.0 Å². The number of H-pyrrole nitrogens is 1. The van der Waals surface area contributed by atoms with Crippen LogP contribution in [0, 0.1) is 0 Å². The molecule has 0 unspecified atom stereocenters. The molecule has 0 atom stereocenters. The number of hydrogen-bond acceptors (Lipinski definition) is 3. The van der Waals surface area contributed by atoms with Crippen molar-refractivity contribution in [2.24, 2.45) is 0 Å². The summed E-state index contributed by atoms with van der Waals surface area (Å²) in [5, 5.41) is 1.61. The summed E-state index contributed by atoms with van der Waals surface area (Å²) in [6, 6.07) is 14.6. The first-order chi connectivity index (χ1) is 13.1. The van der Waals surface area contributed by atoms with Gasteiger partial charge in [0.25, 0.3) is 5.91 Å². The van der Waals surface area contributed by atoms with Gasteiger partial charge in [-0.25, -0.2) is 4.79 Å². The molecule has 136 valence electrons. The molecule has 3 aromatic rings. The van der Waals surface area contributed by atoms with E-state index in [4.69, 9.17) is 16.3 Å². The lowest BCUT2D eigenvalue weighted by atomic mass is 10.0. The molecule has 5 nitrogen and oxygen atoms in total. The van der Waals surface area contributed by atoms with Crippen molar-refractivity contribution in [2.45, 2.75) is 6.42 Å². The van der Waals surface area contributed by atoms with Crippen LogP contribution in [0.2, 0.25) is 5.02 Å². The molecule has 0 radical (unpaired) electrons. The fourth-order valence-electron chi connectivity index (χ4n) is 3.39. The Labute approximate surface area is 161 Å². The maximum atomic E-state index is 12.9. The molecule has 0 saturated carbocycles. The van der Waals surface area contributed by atoms with Gasteiger partial charge >= 0.3 is 5.97 Å². The maximum absolute atomic E-state index is 12.9. The number of hydrogen-bond donors (Lipinski definition) is 1. The second kappa shape index (κ2) is 6.93. The summed E-state index contributed by atoms with van der Waals surface area (Å²) in [4.78, 5) is 30.2. The molecule has 4 rings (SSSR count). The van der Waals surface area contributed by atoms with Gasteiger partial charge in [-0.1, -0.05) is 29.8 Å². The van der Waals surface area contributed by atoms with E-state index >= 15 is 0 Å². The molecule has 0 spiro atoms. The van der Waals surface area contributed by atoms with Gasteiger partial charge in [-0.15, -0.1) is 0 Å². The van der Waals surface area contributed by atoms with Gasteiger partial charge in [0.1, 0.15) is 0 Å². The molecule has 1 N–H and O–H groups in total. The zero-order valence-corrected chi connectivity index (χ0v) is 15.4. The molecule has 1 aliphatic rings. The van der Waals surface area contributed by atoms with E-state index in [0.29, 0.717) is 34.8 Å². The Morgan fingerprint density at radius 1 is 1.11 bits per heavy atom. The number of rotatable bonds is 2. The summed E-state index contributed by atoms with van der Waals surface area (Å²) in [6.45, 7) is 0.455. The molecule has 1 aliphatic heterocycles. The molecule has 2 aromatic carbocycles. The number of halogens is 1. The van der Waals surface area contributed by atoms with Gasteiger partial charge in [-0.05, 0) is 42.3 Å². The van der Waals surface area contributed by atoms with Crippen molar-refractivity contribution in [1.82, 2.24) is 9.88 Å². The summed E-state index contributed by atoms with van der Waals surface area (Å²) in [5.41, 5.74) is 3.51. The first-order valence-corrected chi connectivity index (χ1v) is 8.93. The van der Waals surface area contributed by atoms with Gasteiger partial charge in [0.2, 0.25) is 0 Å². The van der Waals surface area contributed by atoms with Crippen LogP contribution < -0.4 is 0 Å². The molecule has 0 saturated heterocycles. The number of ether oxygens (including phenoxy) is 1. The van der Waals surface area contributed by atoms with E-state index in [9.17, 15) is 9.59 Å². The SMILES string of the molecule is COC(=O)C1=CN(C(=O)c2ccc(Cl)cc2)CCc2c1[nH]c1ccccc21. The van der Waals surface area contributed by atoms with E-state index in [1.54, 1.807) is 35.4 Å². The molecule has 0 aliphatic carbocycles. The lowest BCUT2D eigenvalue weighted by Gasteiger charge is -2.17. The molecule has 1 amide bonds. The highest BCUT2D eigenvalue weighted by Crippen LogP contribution is 2.31. The van der Waals surface area contributed by atoms with Gasteiger partial charge in [0, 0.05) is 34.2 Å². The number of esters is 1. The van der Waals surface area contributed by atoms with Crippen molar-refractivity contribution in [3.63, 3.8) is 0 Å². The van der Waals surface area contributed by atoms with Crippen molar-refractivity contribution in [3.8, 4) is 0 Å². The topological polar surface area (TPSA) is 62.4 Å². The molecule has 1 aromatic heterocycles. The number of aromatic amines is 1. The van der Waals surface area contributed by atoms with Crippen LogP contribution in [0.3, 0.4) is 0 Å². The van der Waals surface area contributed by atoms with E-state index in [-0.39, 0.29) is 5.91 Å². The van der Waals surface area contributed by atoms with E-state index < -0.39 is 5.97 Å². The lowest BCUT2D eigenvalue weighted by molar-refractivity contribution is -0.133. The average molecular weight is 381 g/mol. The molecule has 2 heterocycles. The van der Waals surface area contributed by atoms with Crippen LogP contribution in [-0.2, 0) is 16.0 Å². The van der Waals surface area contributed by atoms with Crippen molar-refractivity contribution < 1.29 is 14.3 Å². The third-order valence-electron chi connectivity index (χ3n) is 4.73. The Hall–Kier alpha value is -3.05. The number of benzene rings is 2. The highest BCUT2D eigenvalue weighted by atomic mass is 35.5. The predicted octanol–water partition coefficient (Wildman–Crippen LogP) is 4.03. The number of nitrogens with zero attached hydrogens (tertiary/aromatic N) is 1. The molecule has 0 fully saturated rings. The smallest absolute Gasteiger partial charge is 0.341 e. The second-order valence-corrected chi connectivity index (χ2v) is 6.75. The zero-order valence-electron chi connectivity index (χ0n) is 14.7. The van der Waals surface area contributed by atoms with Crippen molar-refractivity contribution in [3.05, 3.63) is 76.6 Å². The largest absolute Gasteiger partial charge is 0.465 e. The first kappa shape index (κ1) is 17.4. The third-order valence-corrected chi connectivity index (χ3v) is 4.98. The van der Waals surface area contributed by atoms with Gasteiger partial charge in [-0.3, -0.25) is 4.79 Å². The fourth-order valence-corrected chi connectivity index (χ4v) is 3.52. The van der Waals surface area contributed by atoms with Gasteiger partial charge in [-0.2, -0.15) is 0 Å². The summed E-state index contributed by atoms with van der Waals surface area (Å²) in [6.07, 6.45) is 2.19. The van der Waals surface area contributed by atoms with E-state index in [2.05, 4.69) is 4.98 Å². The van der Waals surface area contributed by atoms with E-state index in [1.807, 2.05) is 24.3 Å². The molecular formula is C21H17ClN2O3. The van der Waals surface area contributed by atoms with Crippen LogP contribution in [0.1, 0.15) is 21.6 Å². The van der Waals surface area contributed by atoms with E-state index in [1.165, 1.54) is 7.11 Å². The quantitative estimate of drug-likeness (QED) is 0.682. The molecule has 0 bridgehead atoms. The summed E-state index contributed by atoms with van der Waals surface area (Å²) < 4.78 is 4.96. The third kappa shape index (κ3) is 3.11. The highest BCUT2D eigenvalue weighted by Gasteiger charge is 2.27. The summed E-state index contributed by atoms with van der Waals surface area (Å²) in [7, 11) is 1.34. The first-order valence-electron chi connectivity index (χ1n) is 8.55. The maximum Gasteiger partial charge on any atom is 0.341 e. The number of carbonyl (C=O) groups excluding carboxylic acids is 2. The molecular weight excluding hydrogens is 364 g/mol. The van der Waals surface area contributed by atoms with Crippen LogP contribution >= 0.6 is 11.6 Å². The van der Waals surface area contributed by atoms with Crippen LogP contribution in [-0.4, -0.2) is 35.4 Å². The Kier molecular flexibility index (Phi) is 4.46. The predicted molar refractivity (Wildman–Crippen MR) is 104 cm³/mol. The molecule has 6 heteroatoms. The number of para-hydroxylation sites is 1. The highest BCUT2D eigenvalue weighted by molar-refractivity contribution is 6.30. The van der Waals surface area contributed by atoms with Gasteiger partial charge in [0.15, 0.2) is 0 Å². The minimum absolute atomic E-state index is 0.192. The molecule has 27 heavy (non-hydrogen) atoms.